The van der Waals surface area contributed by atoms with Gasteiger partial charge in [0.1, 0.15) is 5.82 Å². The number of hydrogen-bond acceptors (Lipinski definition) is 3. The predicted molar refractivity (Wildman–Crippen MR) is 77.9 cm³/mol. The minimum absolute atomic E-state index is 0.0868. The second kappa shape index (κ2) is 5.57. The van der Waals surface area contributed by atoms with Crippen molar-refractivity contribution >= 4 is 10.0 Å². The van der Waals surface area contributed by atoms with Crippen LogP contribution in [0.4, 0.5) is 4.39 Å². The molecule has 2 N–H and O–H groups in total. The van der Waals surface area contributed by atoms with E-state index in [1.165, 1.54) is 12.1 Å². The molecule has 0 saturated carbocycles. The van der Waals surface area contributed by atoms with Crippen LogP contribution in [0.5, 0.6) is 0 Å². The average molecular weight is 311 g/mol. The van der Waals surface area contributed by atoms with E-state index in [4.69, 9.17) is 0 Å². The Labute approximate surface area is 123 Å². The molecule has 0 bridgehead atoms. The third kappa shape index (κ3) is 3.14. The van der Waals surface area contributed by atoms with Crippen molar-refractivity contribution in [3.05, 3.63) is 46.5 Å². The van der Waals surface area contributed by atoms with Gasteiger partial charge in [-0.1, -0.05) is 6.07 Å². The Morgan fingerprint density at radius 1 is 1.29 bits per heavy atom. The first kappa shape index (κ1) is 15.7. The number of aryl methyl sites for hydroxylation is 3. The van der Waals surface area contributed by atoms with E-state index in [9.17, 15) is 12.8 Å². The summed E-state index contributed by atoms with van der Waals surface area (Å²) in [5, 5.41) is 6.86. The van der Waals surface area contributed by atoms with Crippen LogP contribution in [-0.2, 0) is 10.0 Å². The lowest BCUT2D eigenvalue weighted by atomic mass is 10.1. The van der Waals surface area contributed by atoms with Gasteiger partial charge >= 0.3 is 0 Å². The molecule has 114 valence electrons. The topological polar surface area (TPSA) is 74.8 Å². The van der Waals surface area contributed by atoms with Gasteiger partial charge in [-0.2, -0.15) is 5.10 Å². The van der Waals surface area contributed by atoms with Gasteiger partial charge in [0, 0.05) is 17.3 Å². The Bertz CT molecular complexity index is 749. The third-order valence-electron chi connectivity index (χ3n) is 3.40. The third-order valence-corrected chi connectivity index (χ3v) is 4.94. The van der Waals surface area contributed by atoms with Gasteiger partial charge in [-0.15, -0.1) is 0 Å². The quantitative estimate of drug-likeness (QED) is 0.911. The Kier molecular flexibility index (Phi) is 4.15. The summed E-state index contributed by atoms with van der Waals surface area (Å²) < 4.78 is 40.7. The molecule has 2 aromatic rings. The zero-order chi connectivity index (χ0) is 15.8. The molecule has 0 amide bonds. The number of rotatable bonds is 4. The Hall–Kier alpha value is -1.73. The summed E-state index contributed by atoms with van der Waals surface area (Å²) >= 11 is 0. The van der Waals surface area contributed by atoms with E-state index in [2.05, 4.69) is 14.9 Å². The summed E-state index contributed by atoms with van der Waals surface area (Å²) in [6, 6.07) is 3.41. The van der Waals surface area contributed by atoms with Gasteiger partial charge in [-0.25, -0.2) is 17.5 Å². The summed E-state index contributed by atoms with van der Waals surface area (Å²) in [5.74, 6) is -0.541. The number of benzene rings is 1. The highest BCUT2D eigenvalue weighted by Crippen LogP contribution is 2.22. The molecule has 0 aliphatic heterocycles. The van der Waals surface area contributed by atoms with Crippen molar-refractivity contribution in [1.29, 1.82) is 0 Å². The fourth-order valence-electron chi connectivity index (χ4n) is 2.30. The van der Waals surface area contributed by atoms with Crippen LogP contribution < -0.4 is 4.72 Å². The van der Waals surface area contributed by atoms with Crippen LogP contribution in [0.3, 0.4) is 0 Å². The van der Waals surface area contributed by atoms with Crippen molar-refractivity contribution in [2.24, 2.45) is 0 Å². The van der Waals surface area contributed by atoms with E-state index in [0.717, 1.165) is 23.0 Å². The first-order chi connectivity index (χ1) is 9.72. The normalized spacial score (nSPS) is 13.4. The van der Waals surface area contributed by atoms with Crippen LogP contribution in [0, 0.1) is 26.6 Å². The molecule has 2 rings (SSSR count). The summed E-state index contributed by atoms with van der Waals surface area (Å²) in [5.41, 5.74) is 2.74. The highest BCUT2D eigenvalue weighted by atomic mass is 32.2. The molecule has 21 heavy (non-hydrogen) atoms. The smallest absolute Gasteiger partial charge is 0.241 e. The van der Waals surface area contributed by atoms with E-state index >= 15 is 0 Å². The second-order valence-corrected chi connectivity index (χ2v) is 6.82. The molecule has 0 saturated heterocycles. The minimum Gasteiger partial charge on any atom is -0.282 e. The number of hydrogen-bond donors (Lipinski definition) is 2. The highest BCUT2D eigenvalue weighted by Gasteiger charge is 2.22. The molecule has 1 atom stereocenters. The number of aromatic nitrogens is 2. The number of nitrogens with zero attached hydrogens (tertiary/aromatic N) is 1. The van der Waals surface area contributed by atoms with Gasteiger partial charge in [-0.3, -0.25) is 5.10 Å². The molecule has 5 nitrogen and oxygen atoms in total. The number of H-pyrrole nitrogens is 1. The van der Waals surface area contributed by atoms with E-state index in [1.54, 1.807) is 20.8 Å². The maximum atomic E-state index is 13.5. The molecule has 0 spiro atoms. The largest absolute Gasteiger partial charge is 0.282 e. The first-order valence-electron chi connectivity index (χ1n) is 6.52. The maximum Gasteiger partial charge on any atom is 0.241 e. The Balaban J connectivity index is 2.31. The molecular weight excluding hydrogens is 293 g/mol. The van der Waals surface area contributed by atoms with Crippen LogP contribution >= 0.6 is 0 Å². The van der Waals surface area contributed by atoms with Gasteiger partial charge in [-0.05, 0) is 45.4 Å². The van der Waals surface area contributed by atoms with Crippen molar-refractivity contribution in [1.82, 2.24) is 14.9 Å². The minimum atomic E-state index is -3.79. The van der Waals surface area contributed by atoms with Crippen LogP contribution in [0.15, 0.2) is 23.1 Å². The van der Waals surface area contributed by atoms with E-state index in [0.29, 0.717) is 5.56 Å². The standard InChI is InChI=1S/C14H18FN3O2S/c1-8-5-6-12(7-13(8)15)21(19,20)18-11(4)14-9(2)16-17-10(14)3/h5-7,11,18H,1-4H3,(H,16,17). The van der Waals surface area contributed by atoms with Crippen molar-refractivity contribution < 1.29 is 12.8 Å². The summed E-state index contributed by atoms with van der Waals surface area (Å²) in [6.07, 6.45) is 0. The average Bonchev–Trinajstić information content (AvgIpc) is 2.71. The number of nitrogens with one attached hydrogen (secondary N) is 2. The van der Waals surface area contributed by atoms with Gasteiger partial charge in [0.05, 0.1) is 10.6 Å². The molecule has 0 aliphatic rings. The summed E-state index contributed by atoms with van der Waals surface area (Å²) in [6.45, 7) is 6.94. The lowest BCUT2D eigenvalue weighted by Gasteiger charge is -2.15. The lowest BCUT2D eigenvalue weighted by molar-refractivity contribution is 0.562. The fraction of sp³-hybridized carbons (Fsp3) is 0.357. The zero-order valence-corrected chi connectivity index (χ0v) is 13.2. The summed E-state index contributed by atoms with van der Waals surface area (Å²) in [4.78, 5) is -0.0868. The molecule has 0 radical (unpaired) electrons. The highest BCUT2D eigenvalue weighted by molar-refractivity contribution is 7.89. The molecule has 1 aromatic carbocycles. The Morgan fingerprint density at radius 3 is 2.48 bits per heavy atom. The molecule has 1 aromatic heterocycles. The molecule has 0 aliphatic carbocycles. The van der Waals surface area contributed by atoms with E-state index < -0.39 is 21.9 Å². The van der Waals surface area contributed by atoms with Crippen molar-refractivity contribution in [3.63, 3.8) is 0 Å². The number of sulfonamides is 1. The Morgan fingerprint density at radius 2 is 1.95 bits per heavy atom. The van der Waals surface area contributed by atoms with Gasteiger partial charge in [0.25, 0.3) is 0 Å². The molecule has 1 heterocycles. The summed E-state index contributed by atoms with van der Waals surface area (Å²) in [7, 11) is -3.79. The maximum absolute atomic E-state index is 13.5. The molecule has 7 heteroatoms. The van der Waals surface area contributed by atoms with Gasteiger partial charge in [0.15, 0.2) is 0 Å². The number of halogens is 1. The SMILES string of the molecule is Cc1ccc(S(=O)(=O)NC(C)c2c(C)n[nH]c2C)cc1F. The van der Waals surface area contributed by atoms with Crippen LogP contribution in [0.2, 0.25) is 0 Å². The second-order valence-electron chi connectivity index (χ2n) is 5.10. The molecule has 0 fully saturated rings. The number of aromatic amines is 1. The van der Waals surface area contributed by atoms with Gasteiger partial charge in [0.2, 0.25) is 10.0 Å². The lowest BCUT2D eigenvalue weighted by Crippen LogP contribution is -2.27. The van der Waals surface area contributed by atoms with Crippen LogP contribution in [-0.4, -0.2) is 18.6 Å². The molecular formula is C14H18FN3O2S. The van der Waals surface area contributed by atoms with E-state index in [-0.39, 0.29) is 4.90 Å². The fourth-order valence-corrected chi connectivity index (χ4v) is 3.52. The van der Waals surface area contributed by atoms with Crippen molar-refractivity contribution in [2.75, 3.05) is 0 Å². The van der Waals surface area contributed by atoms with Gasteiger partial charge < -0.3 is 0 Å². The van der Waals surface area contributed by atoms with E-state index in [1.807, 2.05) is 6.92 Å². The molecule has 1 unspecified atom stereocenters. The van der Waals surface area contributed by atoms with Crippen molar-refractivity contribution in [3.8, 4) is 0 Å². The predicted octanol–water partition coefficient (Wildman–Crippen LogP) is 2.51. The van der Waals surface area contributed by atoms with Crippen LogP contribution in [0.1, 0.15) is 35.5 Å². The van der Waals surface area contributed by atoms with Crippen molar-refractivity contribution in [2.45, 2.75) is 38.6 Å². The van der Waals surface area contributed by atoms with Crippen LogP contribution in [0.25, 0.3) is 0 Å². The first-order valence-corrected chi connectivity index (χ1v) is 8.00. The zero-order valence-electron chi connectivity index (χ0n) is 12.4. The monoisotopic (exact) mass is 311 g/mol.